The highest BCUT2D eigenvalue weighted by atomic mass is 16.6. The third-order valence-corrected chi connectivity index (χ3v) is 4.85. The summed E-state index contributed by atoms with van der Waals surface area (Å²) in [5, 5.41) is 0. The Morgan fingerprint density at radius 3 is 1.77 bits per heavy atom. The molecule has 0 bridgehead atoms. The first-order valence-corrected chi connectivity index (χ1v) is 10.8. The van der Waals surface area contributed by atoms with Crippen molar-refractivity contribution in [2.75, 3.05) is 6.54 Å². The molecule has 0 aromatic carbocycles. The Bertz CT molecular complexity index is 728. The number of carbonyl (C=O) groups excluding carboxylic acids is 3. The second-order valence-electron chi connectivity index (χ2n) is 11.3. The fraction of sp³-hybridized carbons (Fsp3) is 0.783. The standard InChI is InChI=1S/C23H38N2O6/c1-11-14-12-15(18(26)29-21(2,3)4)25(20(28)31-23(8,9)10)17(14)16-13-24(16)19(27)30-22(5,6)7/h11,14-17H,1,12-13H2,2-10H3/t14-,15-,16?,17-,24?/m1/s1. The number of ether oxygens (including phenoxy) is 3. The number of esters is 1. The predicted octanol–water partition coefficient (Wildman–Crippen LogP) is 4.13. The molecule has 8 heteroatoms. The van der Waals surface area contributed by atoms with Crippen LogP contribution >= 0.6 is 0 Å². The third-order valence-electron chi connectivity index (χ3n) is 4.85. The van der Waals surface area contributed by atoms with E-state index in [1.807, 2.05) is 0 Å². The monoisotopic (exact) mass is 438 g/mol. The van der Waals surface area contributed by atoms with Crippen molar-refractivity contribution in [3.8, 4) is 0 Å². The molecule has 4 atom stereocenters. The van der Waals surface area contributed by atoms with Gasteiger partial charge in [-0.15, -0.1) is 6.58 Å². The molecule has 31 heavy (non-hydrogen) atoms. The van der Waals surface area contributed by atoms with Crippen molar-refractivity contribution in [3.05, 3.63) is 12.7 Å². The van der Waals surface area contributed by atoms with E-state index in [2.05, 4.69) is 6.58 Å². The summed E-state index contributed by atoms with van der Waals surface area (Å²) in [5.74, 6) is -0.681. The van der Waals surface area contributed by atoms with Crippen molar-refractivity contribution in [1.82, 2.24) is 9.80 Å². The van der Waals surface area contributed by atoms with Crippen LogP contribution < -0.4 is 0 Å². The minimum atomic E-state index is -0.817. The van der Waals surface area contributed by atoms with Crippen LogP contribution in [0.1, 0.15) is 68.7 Å². The van der Waals surface area contributed by atoms with Gasteiger partial charge < -0.3 is 14.2 Å². The van der Waals surface area contributed by atoms with Crippen molar-refractivity contribution in [2.24, 2.45) is 5.92 Å². The number of amides is 2. The van der Waals surface area contributed by atoms with Gasteiger partial charge >= 0.3 is 18.2 Å². The number of nitrogens with zero attached hydrogens (tertiary/aromatic N) is 2. The van der Waals surface area contributed by atoms with Gasteiger partial charge in [0.15, 0.2) is 0 Å². The maximum Gasteiger partial charge on any atom is 0.411 e. The fourth-order valence-corrected chi connectivity index (χ4v) is 3.75. The Morgan fingerprint density at radius 1 is 0.839 bits per heavy atom. The van der Waals surface area contributed by atoms with Crippen molar-refractivity contribution >= 4 is 18.2 Å². The first-order chi connectivity index (χ1) is 13.9. The molecule has 0 radical (unpaired) electrons. The van der Waals surface area contributed by atoms with Crippen LogP contribution in [0.3, 0.4) is 0 Å². The molecule has 2 fully saturated rings. The molecular weight excluding hydrogens is 400 g/mol. The number of carbonyl (C=O) groups is 3. The topological polar surface area (TPSA) is 85.2 Å². The van der Waals surface area contributed by atoms with Crippen LogP contribution in [0.5, 0.6) is 0 Å². The smallest absolute Gasteiger partial charge is 0.411 e. The SMILES string of the molecule is C=C[C@@H]1C[C@H](C(=O)OC(C)(C)C)N(C(=O)OC(C)(C)C)[C@H]1C1CN1C(=O)OC(C)(C)C. The van der Waals surface area contributed by atoms with Gasteiger partial charge in [-0.2, -0.15) is 0 Å². The van der Waals surface area contributed by atoms with Crippen LogP contribution in [0.4, 0.5) is 9.59 Å². The zero-order valence-electron chi connectivity index (χ0n) is 20.4. The van der Waals surface area contributed by atoms with E-state index < -0.39 is 47.0 Å². The maximum atomic E-state index is 13.2. The molecule has 2 saturated heterocycles. The van der Waals surface area contributed by atoms with Crippen molar-refractivity contribution in [3.63, 3.8) is 0 Å². The Kier molecular flexibility index (Phi) is 6.74. The molecule has 176 valence electrons. The van der Waals surface area contributed by atoms with Crippen LogP contribution in [0, 0.1) is 5.92 Å². The second-order valence-corrected chi connectivity index (χ2v) is 11.3. The van der Waals surface area contributed by atoms with E-state index in [1.54, 1.807) is 73.3 Å². The molecule has 2 rings (SSSR count). The number of hydrogen-bond acceptors (Lipinski definition) is 6. The largest absolute Gasteiger partial charge is 0.458 e. The summed E-state index contributed by atoms with van der Waals surface area (Å²) in [6, 6.07) is -1.54. The van der Waals surface area contributed by atoms with Crippen LogP contribution in [0.2, 0.25) is 0 Å². The highest BCUT2D eigenvalue weighted by Gasteiger charge is 2.58. The van der Waals surface area contributed by atoms with Crippen molar-refractivity contribution < 1.29 is 28.6 Å². The fourth-order valence-electron chi connectivity index (χ4n) is 3.75. The zero-order valence-corrected chi connectivity index (χ0v) is 20.4. The normalized spacial score (nSPS) is 26.4. The minimum Gasteiger partial charge on any atom is -0.458 e. The molecule has 2 heterocycles. The number of hydrogen-bond donors (Lipinski definition) is 0. The molecule has 0 aliphatic carbocycles. The van der Waals surface area contributed by atoms with Gasteiger partial charge in [0.1, 0.15) is 22.8 Å². The molecule has 0 N–H and O–H groups in total. The van der Waals surface area contributed by atoms with Gasteiger partial charge in [-0.1, -0.05) is 6.08 Å². The van der Waals surface area contributed by atoms with E-state index in [0.717, 1.165) is 0 Å². The van der Waals surface area contributed by atoms with Gasteiger partial charge in [-0.25, -0.2) is 14.4 Å². The number of rotatable bonds is 3. The molecule has 2 aliphatic rings. The Balaban J connectivity index is 2.32. The minimum absolute atomic E-state index is 0.192. The lowest BCUT2D eigenvalue weighted by atomic mass is 9.96. The van der Waals surface area contributed by atoms with Crippen molar-refractivity contribution in [2.45, 2.75) is 104 Å². The van der Waals surface area contributed by atoms with E-state index in [4.69, 9.17) is 14.2 Å². The molecule has 2 amide bonds. The van der Waals surface area contributed by atoms with Gasteiger partial charge in [0.2, 0.25) is 0 Å². The average Bonchev–Trinajstić information content (AvgIpc) is 3.22. The lowest BCUT2D eigenvalue weighted by molar-refractivity contribution is -0.160. The molecule has 2 aliphatic heterocycles. The van der Waals surface area contributed by atoms with E-state index in [9.17, 15) is 14.4 Å². The number of likely N-dealkylation sites (tertiary alicyclic amines) is 1. The summed E-state index contributed by atoms with van der Waals surface area (Å²) in [6.45, 7) is 20.4. The molecule has 1 unspecified atom stereocenters. The molecule has 0 aromatic rings. The molecular formula is C23H38N2O6. The Labute approximate surface area is 185 Å². The summed E-state index contributed by atoms with van der Waals surface area (Å²) in [5.41, 5.74) is -2.05. The van der Waals surface area contributed by atoms with E-state index in [1.165, 1.54) is 4.90 Å². The van der Waals surface area contributed by atoms with E-state index >= 15 is 0 Å². The van der Waals surface area contributed by atoms with Gasteiger partial charge in [-0.05, 0) is 68.7 Å². The van der Waals surface area contributed by atoms with E-state index in [0.29, 0.717) is 13.0 Å². The molecule has 0 spiro atoms. The zero-order chi connectivity index (χ0) is 23.9. The van der Waals surface area contributed by atoms with Crippen LogP contribution in [0.15, 0.2) is 12.7 Å². The Hall–Kier alpha value is -2.25. The second kappa shape index (κ2) is 8.36. The molecule has 8 nitrogen and oxygen atoms in total. The van der Waals surface area contributed by atoms with Crippen molar-refractivity contribution in [1.29, 1.82) is 0 Å². The van der Waals surface area contributed by atoms with Crippen LogP contribution in [0.25, 0.3) is 0 Å². The van der Waals surface area contributed by atoms with Gasteiger partial charge in [-0.3, -0.25) is 9.80 Å². The maximum absolute atomic E-state index is 13.2. The van der Waals surface area contributed by atoms with E-state index in [-0.39, 0.29) is 12.0 Å². The summed E-state index contributed by atoms with van der Waals surface area (Å²) in [4.78, 5) is 41.7. The molecule has 0 saturated carbocycles. The summed E-state index contributed by atoms with van der Waals surface area (Å²) in [7, 11) is 0. The van der Waals surface area contributed by atoms with Crippen LogP contribution in [-0.4, -0.2) is 69.4 Å². The summed E-state index contributed by atoms with van der Waals surface area (Å²) < 4.78 is 16.7. The van der Waals surface area contributed by atoms with Gasteiger partial charge in [0.25, 0.3) is 0 Å². The highest BCUT2D eigenvalue weighted by molar-refractivity contribution is 5.83. The summed E-state index contributed by atoms with van der Waals surface area (Å²) >= 11 is 0. The average molecular weight is 439 g/mol. The summed E-state index contributed by atoms with van der Waals surface area (Å²) in [6.07, 6.45) is 1.05. The first kappa shape index (κ1) is 25.0. The highest BCUT2D eigenvalue weighted by Crippen LogP contribution is 2.41. The predicted molar refractivity (Wildman–Crippen MR) is 117 cm³/mol. The molecule has 0 aromatic heterocycles. The lowest BCUT2D eigenvalue weighted by Crippen LogP contribution is -2.51. The van der Waals surface area contributed by atoms with Crippen LogP contribution in [-0.2, 0) is 19.0 Å². The quantitative estimate of drug-likeness (QED) is 0.285. The van der Waals surface area contributed by atoms with Gasteiger partial charge in [0.05, 0.1) is 12.1 Å². The lowest BCUT2D eigenvalue weighted by Gasteiger charge is -2.33. The Morgan fingerprint density at radius 2 is 1.32 bits per heavy atom. The first-order valence-electron chi connectivity index (χ1n) is 10.8. The van der Waals surface area contributed by atoms with Gasteiger partial charge in [0, 0.05) is 12.5 Å². The third kappa shape index (κ3) is 6.61.